The van der Waals surface area contributed by atoms with E-state index in [2.05, 4.69) is 57.0 Å². The average Bonchev–Trinajstić information content (AvgIpc) is 3.17. The molecule has 3 heterocycles. The van der Waals surface area contributed by atoms with Gasteiger partial charge in [-0.2, -0.15) is 0 Å². The molecule has 31 heavy (non-hydrogen) atoms. The summed E-state index contributed by atoms with van der Waals surface area (Å²) in [5.41, 5.74) is 4.37. The normalized spacial score (nSPS) is 18.7. The van der Waals surface area contributed by atoms with E-state index in [-0.39, 0.29) is 0 Å². The number of carbonyl (C=O) groups excluding carboxylic acids is 1. The zero-order valence-electron chi connectivity index (χ0n) is 17.4. The third-order valence-corrected chi connectivity index (χ3v) is 6.62. The molecule has 0 spiro atoms. The first-order chi connectivity index (χ1) is 15.2. The zero-order valence-corrected chi connectivity index (χ0v) is 17.4. The van der Waals surface area contributed by atoms with E-state index in [4.69, 9.17) is 4.42 Å². The molecule has 0 N–H and O–H groups in total. The van der Waals surface area contributed by atoms with E-state index in [1.165, 1.54) is 11.1 Å². The molecule has 1 aliphatic carbocycles. The lowest BCUT2D eigenvalue weighted by Crippen LogP contribution is -2.30. The number of hydrogen-bond donors (Lipinski definition) is 0. The highest BCUT2D eigenvalue weighted by Crippen LogP contribution is 2.33. The van der Waals surface area contributed by atoms with E-state index in [1.807, 2.05) is 18.3 Å². The highest BCUT2D eigenvalue weighted by atomic mass is 16.3. The van der Waals surface area contributed by atoms with Crippen LogP contribution in [-0.2, 0) is 11.3 Å². The first-order valence-corrected chi connectivity index (χ1v) is 11.1. The van der Waals surface area contributed by atoms with E-state index in [0.717, 1.165) is 61.3 Å². The lowest BCUT2D eigenvalue weighted by molar-refractivity contribution is -0.131. The molecular weight excluding hydrogens is 386 g/mol. The van der Waals surface area contributed by atoms with E-state index in [0.29, 0.717) is 17.7 Å². The number of hydrogen-bond acceptors (Lipinski definition) is 3. The third kappa shape index (κ3) is 3.54. The van der Waals surface area contributed by atoms with Gasteiger partial charge in [-0.25, -0.2) is 4.98 Å². The first kappa shape index (κ1) is 18.4. The Bertz CT molecular complexity index is 1230. The minimum atomic E-state index is 0.315. The lowest BCUT2D eigenvalue weighted by atomic mass is 10.0. The second kappa shape index (κ2) is 7.41. The number of carbonyl (C=O) groups is 1. The van der Waals surface area contributed by atoms with Crippen molar-refractivity contribution in [1.82, 2.24) is 14.5 Å². The molecule has 2 aromatic heterocycles. The van der Waals surface area contributed by atoms with Crippen molar-refractivity contribution in [2.24, 2.45) is 11.8 Å². The van der Waals surface area contributed by atoms with Crippen LogP contribution in [-0.4, -0.2) is 33.4 Å². The SMILES string of the molecule is O=C(C1CC1)N1CCC(Cn2ccnc2-c2ccc(-c3ccc4occc4c3)cc2)C1. The number of benzene rings is 2. The molecule has 156 valence electrons. The zero-order chi connectivity index (χ0) is 20.8. The Morgan fingerprint density at radius 1 is 1.00 bits per heavy atom. The monoisotopic (exact) mass is 411 g/mol. The quantitative estimate of drug-likeness (QED) is 0.452. The Hall–Kier alpha value is -3.34. The molecule has 5 nitrogen and oxygen atoms in total. The number of nitrogens with zero attached hydrogens (tertiary/aromatic N) is 3. The molecule has 0 bridgehead atoms. The molecule has 1 saturated heterocycles. The van der Waals surface area contributed by atoms with Gasteiger partial charge in [-0.1, -0.05) is 30.3 Å². The first-order valence-electron chi connectivity index (χ1n) is 11.1. The fourth-order valence-electron chi connectivity index (χ4n) is 4.72. The summed E-state index contributed by atoms with van der Waals surface area (Å²) in [6, 6.07) is 16.9. The number of likely N-dealkylation sites (tertiary alicyclic amines) is 1. The van der Waals surface area contributed by atoms with Gasteiger partial charge in [0.05, 0.1) is 6.26 Å². The van der Waals surface area contributed by atoms with Gasteiger partial charge in [-0.05, 0) is 54.5 Å². The highest BCUT2D eigenvalue weighted by Gasteiger charge is 2.36. The summed E-state index contributed by atoms with van der Waals surface area (Å²) >= 11 is 0. The van der Waals surface area contributed by atoms with Crippen LogP contribution in [0.15, 0.2) is 71.6 Å². The van der Waals surface area contributed by atoms with Crippen LogP contribution < -0.4 is 0 Å². The smallest absolute Gasteiger partial charge is 0.225 e. The van der Waals surface area contributed by atoms with Gasteiger partial charge in [0, 0.05) is 48.9 Å². The predicted molar refractivity (Wildman–Crippen MR) is 120 cm³/mol. The van der Waals surface area contributed by atoms with Gasteiger partial charge in [0.25, 0.3) is 0 Å². The van der Waals surface area contributed by atoms with Gasteiger partial charge in [0.1, 0.15) is 11.4 Å². The van der Waals surface area contributed by atoms with Crippen molar-refractivity contribution in [2.75, 3.05) is 13.1 Å². The molecule has 1 unspecified atom stereocenters. The van der Waals surface area contributed by atoms with Crippen molar-refractivity contribution in [3.05, 3.63) is 67.2 Å². The van der Waals surface area contributed by atoms with Crippen molar-refractivity contribution in [1.29, 1.82) is 0 Å². The molecular formula is C26H25N3O2. The largest absolute Gasteiger partial charge is 0.464 e. The number of fused-ring (bicyclic) bond motifs is 1. The van der Waals surface area contributed by atoms with Gasteiger partial charge in [-0.3, -0.25) is 4.79 Å². The average molecular weight is 412 g/mol. The van der Waals surface area contributed by atoms with Crippen molar-refractivity contribution in [3.8, 4) is 22.5 Å². The summed E-state index contributed by atoms with van der Waals surface area (Å²) in [6.45, 7) is 2.69. The fraction of sp³-hybridized carbons (Fsp3) is 0.308. The number of imidazole rings is 1. The van der Waals surface area contributed by atoms with Gasteiger partial charge >= 0.3 is 0 Å². The highest BCUT2D eigenvalue weighted by molar-refractivity contribution is 5.84. The predicted octanol–water partition coefficient (Wildman–Crippen LogP) is 5.22. The Kier molecular flexibility index (Phi) is 4.41. The maximum absolute atomic E-state index is 12.4. The second-order valence-corrected chi connectivity index (χ2v) is 8.87. The van der Waals surface area contributed by atoms with Gasteiger partial charge < -0.3 is 13.9 Å². The number of amides is 1. The lowest BCUT2D eigenvalue weighted by Gasteiger charge is -2.17. The van der Waals surface area contributed by atoms with Crippen LogP contribution in [0.4, 0.5) is 0 Å². The molecule has 2 aromatic carbocycles. The Labute approximate surface area is 181 Å². The summed E-state index contributed by atoms with van der Waals surface area (Å²) in [6.07, 6.45) is 8.89. The molecule has 6 rings (SSSR count). The summed E-state index contributed by atoms with van der Waals surface area (Å²) in [4.78, 5) is 19.1. The van der Waals surface area contributed by atoms with Crippen molar-refractivity contribution in [2.45, 2.75) is 25.8 Å². The van der Waals surface area contributed by atoms with Gasteiger partial charge in [-0.15, -0.1) is 0 Å². The van der Waals surface area contributed by atoms with E-state index < -0.39 is 0 Å². The van der Waals surface area contributed by atoms with Crippen molar-refractivity contribution < 1.29 is 9.21 Å². The molecule has 5 heteroatoms. The molecule has 2 fully saturated rings. The maximum Gasteiger partial charge on any atom is 0.225 e. The summed E-state index contributed by atoms with van der Waals surface area (Å²) < 4.78 is 7.68. The van der Waals surface area contributed by atoms with Gasteiger partial charge in [0.15, 0.2) is 0 Å². The molecule has 0 radical (unpaired) electrons. The Balaban J connectivity index is 1.18. The molecule has 1 aliphatic heterocycles. The molecule has 4 aromatic rings. The van der Waals surface area contributed by atoms with Gasteiger partial charge in [0.2, 0.25) is 5.91 Å². The Morgan fingerprint density at radius 2 is 1.81 bits per heavy atom. The van der Waals surface area contributed by atoms with Crippen molar-refractivity contribution >= 4 is 16.9 Å². The van der Waals surface area contributed by atoms with Crippen LogP contribution in [0, 0.1) is 11.8 Å². The summed E-state index contributed by atoms with van der Waals surface area (Å²) in [5.74, 6) is 2.17. The minimum absolute atomic E-state index is 0.315. The van der Waals surface area contributed by atoms with E-state index in [9.17, 15) is 4.79 Å². The fourth-order valence-corrected chi connectivity index (χ4v) is 4.72. The standard InChI is InChI=1S/C26H25N3O2/c30-26(21-5-6-21)29-12-9-18(17-29)16-28-13-11-27-25(28)20-3-1-19(2-4-20)22-7-8-24-23(15-22)10-14-31-24/h1-4,7-8,10-11,13-15,18,21H,5-6,9,12,16-17H2. The molecule has 1 amide bonds. The minimum Gasteiger partial charge on any atom is -0.464 e. The van der Waals surface area contributed by atoms with Crippen LogP contribution >= 0.6 is 0 Å². The van der Waals surface area contributed by atoms with Crippen LogP contribution in [0.2, 0.25) is 0 Å². The Morgan fingerprint density at radius 3 is 2.65 bits per heavy atom. The van der Waals surface area contributed by atoms with Crippen LogP contribution in [0.1, 0.15) is 19.3 Å². The van der Waals surface area contributed by atoms with Crippen LogP contribution in [0.5, 0.6) is 0 Å². The van der Waals surface area contributed by atoms with Crippen molar-refractivity contribution in [3.63, 3.8) is 0 Å². The number of rotatable bonds is 5. The van der Waals surface area contributed by atoms with E-state index >= 15 is 0 Å². The summed E-state index contributed by atoms with van der Waals surface area (Å²) in [7, 11) is 0. The maximum atomic E-state index is 12.4. The summed E-state index contributed by atoms with van der Waals surface area (Å²) in [5, 5.41) is 1.11. The van der Waals surface area contributed by atoms with Crippen LogP contribution in [0.3, 0.4) is 0 Å². The topological polar surface area (TPSA) is 51.3 Å². The van der Waals surface area contributed by atoms with Crippen LogP contribution in [0.25, 0.3) is 33.5 Å². The molecule has 1 atom stereocenters. The molecule has 1 saturated carbocycles. The third-order valence-electron chi connectivity index (χ3n) is 6.62. The second-order valence-electron chi connectivity index (χ2n) is 8.87. The van der Waals surface area contributed by atoms with E-state index in [1.54, 1.807) is 6.26 Å². The molecule has 2 aliphatic rings. The number of furan rings is 1. The number of aromatic nitrogens is 2.